The molecule has 1 aromatic rings. The van der Waals surface area contributed by atoms with Crippen LogP contribution in [0.15, 0.2) is 18.2 Å². The maximum Gasteiger partial charge on any atom is 0.237 e. The number of hydrogen-bond donors (Lipinski definition) is 2. The molecule has 0 bridgehead atoms. The SMILES string of the molecule is COc1cc(C#N)ccc1CNC(=O)C1CCCN1. The third-order valence-electron chi connectivity index (χ3n) is 3.25. The molecule has 0 aliphatic carbocycles. The number of rotatable bonds is 4. The minimum Gasteiger partial charge on any atom is -0.496 e. The highest BCUT2D eigenvalue weighted by atomic mass is 16.5. The maximum atomic E-state index is 11.9. The predicted octanol–water partition coefficient (Wildman–Crippen LogP) is 0.935. The van der Waals surface area contributed by atoms with Crippen LogP contribution in [0.4, 0.5) is 0 Å². The third-order valence-corrected chi connectivity index (χ3v) is 3.25. The van der Waals surface area contributed by atoms with Gasteiger partial charge in [-0.15, -0.1) is 0 Å². The molecule has 1 saturated heterocycles. The zero-order chi connectivity index (χ0) is 13.7. The van der Waals surface area contributed by atoms with Crippen LogP contribution in [0.25, 0.3) is 0 Å². The number of carbonyl (C=O) groups excluding carboxylic acids is 1. The van der Waals surface area contributed by atoms with Crippen molar-refractivity contribution in [3.63, 3.8) is 0 Å². The van der Waals surface area contributed by atoms with Crippen LogP contribution in [0.3, 0.4) is 0 Å². The van der Waals surface area contributed by atoms with Crippen molar-refractivity contribution in [1.82, 2.24) is 10.6 Å². The number of amides is 1. The van der Waals surface area contributed by atoms with Crippen molar-refractivity contribution in [2.75, 3.05) is 13.7 Å². The van der Waals surface area contributed by atoms with Gasteiger partial charge in [-0.25, -0.2) is 0 Å². The lowest BCUT2D eigenvalue weighted by Gasteiger charge is -2.13. The molecule has 1 aliphatic rings. The van der Waals surface area contributed by atoms with E-state index in [0.29, 0.717) is 17.9 Å². The van der Waals surface area contributed by atoms with E-state index in [1.165, 1.54) is 0 Å². The molecule has 1 amide bonds. The molecule has 5 heteroatoms. The first-order valence-corrected chi connectivity index (χ1v) is 6.32. The summed E-state index contributed by atoms with van der Waals surface area (Å²) < 4.78 is 5.23. The number of benzene rings is 1. The molecule has 1 aliphatic heterocycles. The highest BCUT2D eigenvalue weighted by Crippen LogP contribution is 2.19. The number of hydrogen-bond acceptors (Lipinski definition) is 4. The van der Waals surface area contributed by atoms with E-state index in [0.717, 1.165) is 24.9 Å². The van der Waals surface area contributed by atoms with Crippen LogP contribution in [0.2, 0.25) is 0 Å². The predicted molar refractivity (Wildman–Crippen MR) is 70.6 cm³/mol. The molecule has 100 valence electrons. The summed E-state index contributed by atoms with van der Waals surface area (Å²) in [6.07, 6.45) is 1.93. The van der Waals surface area contributed by atoms with Crippen molar-refractivity contribution in [2.24, 2.45) is 0 Å². The van der Waals surface area contributed by atoms with E-state index in [1.54, 1.807) is 25.3 Å². The molecule has 1 unspecified atom stereocenters. The summed E-state index contributed by atoms with van der Waals surface area (Å²) in [6, 6.07) is 7.18. The third kappa shape index (κ3) is 3.24. The fraction of sp³-hybridized carbons (Fsp3) is 0.429. The van der Waals surface area contributed by atoms with Crippen molar-refractivity contribution in [3.05, 3.63) is 29.3 Å². The molecule has 5 nitrogen and oxygen atoms in total. The number of ether oxygens (including phenoxy) is 1. The summed E-state index contributed by atoms with van der Waals surface area (Å²) in [5.74, 6) is 0.641. The molecule has 2 rings (SSSR count). The summed E-state index contributed by atoms with van der Waals surface area (Å²) >= 11 is 0. The van der Waals surface area contributed by atoms with Crippen molar-refractivity contribution >= 4 is 5.91 Å². The van der Waals surface area contributed by atoms with Gasteiger partial charge in [0.05, 0.1) is 24.8 Å². The molecule has 0 aromatic heterocycles. The van der Waals surface area contributed by atoms with Gasteiger partial charge >= 0.3 is 0 Å². The number of nitrogens with zero attached hydrogens (tertiary/aromatic N) is 1. The molecule has 0 spiro atoms. The second-order valence-corrected chi connectivity index (χ2v) is 4.51. The van der Waals surface area contributed by atoms with Crippen LogP contribution < -0.4 is 15.4 Å². The fourth-order valence-electron chi connectivity index (χ4n) is 2.17. The van der Waals surface area contributed by atoms with Crippen LogP contribution >= 0.6 is 0 Å². The van der Waals surface area contributed by atoms with Gasteiger partial charge in [0, 0.05) is 12.1 Å². The van der Waals surface area contributed by atoms with Crippen LogP contribution in [0, 0.1) is 11.3 Å². The van der Waals surface area contributed by atoms with Gasteiger partial charge in [-0.1, -0.05) is 6.07 Å². The Morgan fingerprint density at radius 2 is 2.47 bits per heavy atom. The van der Waals surface area contributed by atoms with Crippen LogP contribution in [-0.2, 0) is 11.3 Å². The maximum absolute atomic E-state index is 11.9. The molecule has 1 heterocycles. The Labute approximate surface area is 112 Å². The molecule has 0 saturated carbocycles. The normalized spacial score (nSPS) is 17.8. The van der Waals surface area contributed by atoms with E-state index >= 15 is 0 Å². The Morgan fingerprint density at radius 1 is 1.63 bits per heavy atom. The molecule has 1 atom stereocenters. The van der Waals surface area contributed by atoms with E-state index in [9.17, 15) is 4.79 Å². The Morgan fingerprint density at radius 3 is 3.11 bits per heavy atom. The average Bonchev–Trinajstić information content (AvgIpc) is 2.98. The van der Waals surface area contributed by atoms with Gasteiger partial charge in [0.2, 0.25) is 5.91 Å². The lowest BCUT2D eigenvalue weighted by atomic mass is 10.1. The lowest BCUT2D eigenvalue weighted by molar-refractivity contribution is -0.122. The summed E-state index contributed by atoms with van der Waals surface area (Å²) in [5.41, 5.74) is 1.41. The second-order valence-electron chi connectivity index (χ2n) is 4.51. The van der Waals surface area contributed by atoms with E-state index in [1.807, 2.05) is 0 Å². The summed E-state index contributed by atoms with van der Waals surface area (Å²) in [7, 11) is 1.56. The van der Waals surface area contributed by atoms with Crippen molar-refractivity contribution < 1.29 is 9.53 Å². The van der Waals surface area contributed by atoms with E-state index in [2.05, 4.69) is 16.7 Å². The monoisotopic (exact) mass is 259 g/mol. The summed E-state index contributed by atoms with van der Waals surface area (Å²) in [6.45, 7) is 1.31. The molecule has 19 heavy (non-hydrogen) atoms. The number of carbonyl (C=O) groups is 1. The first-order valence-electron chi connectivity index (χ1n) is 6.32. The van der Waals surface area contributed by atoms with Crippen LogP contribution in [-0.4, -0.2) is 25.6 Å². The Balaban J connectivity index is 1.99. The Bertz CT molecular complexity index is 502. The number of nitrogens with one attached hydrogen (secondary N) is 2. The van der Waals surface area contributed by atoms with Gasteiger partial charge < -0.3 is 15.4 Å². The van der Waals surface area contributed by atoms with Gasteiger partial charge in [0.25, 0.3) is 0 Å². The molecule has 2 N–H and O–H groups in total. The number of nitriles is 1. The largest absolute Gasteiger partial charge is 0.496 e. The van der Waals surface area contributed by atoms with E-state index in [-0.39, 0.29) is 11.9 Å². The van der Waals surface area contributed by atoms with Gasteiger partial charge in [-0.3, -0.25) is 4.79 Å². The summed E-state index contributed by atoms with van der Waals surface area (Å²) in [5, 5.41) is 14.9. The molecule has 1 fully saturated rings. The van der Waals surface area contributed by atoms with Gasteiger partial charge in [0.15, 0.2) is 0 Å². The second kappa shape index (κ2) is 6.21. The highest BCUT2D eigenvalue weighted by molar-refractivity contribution is 5.82. The van der Waals surface area contributed by atoms with Crippen molar-refractivity contribution in [1.29, 1.82) is 5.26 Å². The standard InChI is InChI=1S/C14H17N3O2/c1-19-13-7-10(8-15)4-5-11(13)9-17-14(18)12-3-2-6-16-12/h4-5,7,12,16H,2-3,6,9H2,1H3,(H,17,18). The molecular formula is C14H17N3O2. The Kier molecular flexibility index (Phi) is 4.37. The van der Waals surface area contributed by atoms with Gasteiger partial charge in [0.1, 0.15) is 5.75 Å². The van der Waals surface area contributed by atoms with Crippen LogP contribution in [0.5, 0.6) is 5.75 Å². The molecule has 0 radical (unpaired) electrons. The first-order chi connectivity index (χ1) is 9.24. The minimum absolute atomic E-state index is 0.0175. The average molecular weight is 259 g/mol. The smallest absolute Gasteiger partial charge is 0.237 e. The lowest BCUT2D eigenvalue weighted by Crippen LogP contribution is -2.40. The van der Waals surface area contributed by atoms with E-state index in [4.69, 9.17) is 10.00 Å². The van der Waals surface area contributed by atoms with Gasteiger partial charge in [-0.05, 0) is 31.5 Å². The van der Waals surface area contributed by atoms with E-state index < -0.39 is 0 Å². The van der Waals surface area contributed by atoms with Crippen molar-refractivity contribution in [3.8, 4) is 11.8 Å². The zero-order valence-corrected chi connectivity index (χ0v) is 10.9. The van der Waals surface area contributed by atoms with Crippen molar-refractivity contribution in [2.45, 2.75) is 25.4 Å². The highest BCUT2D eigenvalue weighted by Gasteiger charge is 2.21. The zero-order valence-electron chi connectivity index (χ0n) is 10.9. The van der Waals surface area contributed by atoms with Gasteiger partial charge in [-0.2, -0.15) is 5.26 Å². The summed E-state index contributed by atoms with van der Waals surface area (Å²) in [4.78, 5) is 11.9. The first kappa shape index (κ1) is 13.4. The molecule has 1 aromatic carbocycles. The number of methoxy groups -OCH3 is 1. The minimum atomic E-state index is -0.0793. The van der Waals surface area contributed by atoms with Crippen LogP contribution in [0.1, 0.15) is 24.0 Å². The topological polar surface area (TPSA) is 74.1 Å². The molecular weight excluding hydrogens is 242 g/mol. The Hall–Kier alpha value is -2.06. The fourth-order valence-corrected chi connectivity index (χ4v) is 2.17. The quantitative estimate of drug-likeness (QED) is 0.843.